The molecule has 3 heterocycles. The van der Waals surface area contributed by atoms with Crippen molar-refractivity contribution < 1.29 is 33.0 Å². The van der Waals surface area contributed by atoms with E-state index in [1.807, 2.05) is 0 Å². The lowest BCUT2D eigenvalue weighted by Crippen LogP contribution is -2.54. The fourth-order valence-electron chi connectivity index (χ4n) is 5.33. The first kappa shape index (κ1) is 30.4. The predicted molar refractivity (Wildman–Crippen MR) is 154 cm³/mol. The van der Waals surface area contributed by atoms with Crippen molar-refractivity contribution in [3.8, 4) is 17.0 Å². The average molecular weight is 617 g/mol. The maximum Gasteiger partial charge on any atom is 0.291 e. The Morgan fingerprint density at radius 3 is 2.44 bits per heavy atom. The summed E-state index contributed by atoms with van der Waals surface area (Å²) in [4.78, 5) is 46.4. The Morgan fingerprint density at radius 2 is 1.81 bits per heavy atom. The second kappa shape index (κ2) is 11.9. The van der Waals surface area contributed by atoms with Crippen LogP contribution in [0, 0.1) is 11.6 Å². The molecule has 0 aliphatic carbocycles. The Morgan fingerprint density at radius 1 is 1.12 bits per heavy atom. The number of hydrogen-bond donors (Lipinski definition) is 3. The van der Waals surface area contributed by atoms with Crippen LogP contribution in [-0.2, 0) is 11.8 Å². The van der Waals surface area contributed by atoms with Crippen LogP contribution in [0.3, 0.4) is 0 Å². The van der Waals surface area contributed by atoms with E-state index in [1.165, 1.54) is 55.3 Å². The number of anilines is 1. The van der Waals surface area contributed by atoms with Gasteiger partial charge in [0.2, 0.25) is 11.7 Å². The first-order valence-corrected chi connectivity index (χ1v) is 14.0. The lowest BCUT2D eigenvalue weighted by Gasteiger charge is -2.36. The minimum atomic E-state index is -1.15. The molecule has 5 rings (SSSR count). The van der Waals surface area contributed by atoms with Crippen LogP contribution in [0.15, 0.2) is 36.5 Å². The second-order valence-electron chi connectivity index (χ2n) is 10.9. The van der Waals surface area contributed by atoms with Gasteiger partial charge in [0.15, 0.2) is 17.4 Å². The smallest absolute Gasteiger partial charge is 0.291 e. The summed E-state index contributed by atoms with van der Waals surface area (Å²) in [5.41, 5.74) is -0.293. The number of aromatic nitrogens is 2. The van der Waals surface area contributed by atoms with E-state index in [4.69, 9.17) is 16.3 Å². The molecule has 2 aliphatic heterocycles. The van der Waals surface area contributed by atoms with Crippen molar-refractivity contribution in [2.75, 3.05) is 45.2 Å². The first-order chi connectivity index (χ1) is 20.4. The Balaban J connectivity index is 1.21. The van der Waals surface area contributed by atoms with Crippen LogP contribution in [0.2, 0.25) is 5.02 Å². The molecule has 3 aromatic rings. The molecule has 11 nitrogen and oxygen atoms in total. The molecule has 43 heavy (non-hydrogen) atoms. The fraction of sp³-hybridized carbons (Fsp3) is 0.379. The Hall–Kier alpha value is -4.07. The largest absolute Gasteiger partial charge is 0.494 e. The van der Waals surface area contributed by atoms with Crippen LogP contribution in [0.5, 0.6) is 5.75 Å². The number of carbonyl (C=O) groups is 3. The number of nitrogens with one attached hydrogen (secondary N) is 2. The number of hydrogen-bond acceptors (Lipinski definition) is 7. The number of halogens is 3. The molecule has 0 radical (unpaired) electrons. The Labute approximate surface area is 251 Å². The first-order valence-electron chi connectivity index (χ1n) is 13.6. The molecule has 3 amide bonds. The highest BCUT2D eigenvalue weighted by Gasteiger charge is 2.39. The van der Waals surface area contributed by atoms with Crippen LogP contribution < -0.4 is 15.4 Å². The standard InChI is InChI=1S/C29H31ClF2N6O5/c1-29(42)13-20(34-15-29)28(41)38-10-8-37(9-11-38)27(40)17-5-4-16(12-19(17)30)35-26(39)25-33-14-21(36(25)2)18-6-7-22(43-3)24(32)23(18)31/h4-7,12,14,20,34,42H,8-11,13,15H2,1-3H3,(H,35,39)/t20-,29+/m0/s1. The summed E-state index contributed by atoms with van der Waals surface area (Å²) in [6.07, 6.45) is 1.60. The van der Waals surface area contributed by atoms with Gasteiger partial charge >= 0.3 is 0 Å². The third-order valence-electron chi connectivity index (χ3n) is 7.74. The molecule has 0 saturated carbocycles. The quantitative estimate of drug-likeness (QED) is 0.388. The van der Waals surface area contributed by atoms with E-state index in [2.05, 4.69) is 15.6 Å². The molecule has 0 unspecified atom stereocenters. The van der Waals surface area contributed by atoms with Gasteiger partial charge in [-0.25, -0.2) is 9.37 Å². The van der Waals surface area contributed by atoms with Crippen molar-refractivity contribution in [1.29, 1.82) is 0 Å². The van der Waals surface area contributed by atoms with Crippen molar-refractivity contribution >= 4 is 35.0 Å². The maximum atomic E-state index is 14.6. The highest BCUT2D eigenvalue weighted by Crippen LogP contribution is 2.30. The molecule has 3 N–H and O–H groups in total. The van der Waals surface area contributed by atoms with Gasteiger partial charge in [0.25, 0.3) is 11.8 Å². The molecular formula is C29H31ClF2N6O5. The molecule has 0 spiro atoms. The van der Waals surface area contributed by atoms with E-state index in [0.29, 0.717) is 44.8 Å². The monoisotopic (exact) mass is 616 g/mol. The van der Waals surface area contributed by atoms with E-state index in [-0.39, 0.29) is 45.2 Å². The van der Waals surface area contributed by atoms with E-state index in [1.54, 1.807) is 16.7 Å². The molecule has 228 valence electrons. The summed E-state index contributed by atoms with van der Waals surface area (Å²) in [6, 6.07) is 6.63. The van der Waals surface area contributed by atoms with Crippen molar-refractivity contribution in [2.45, 2.75) is 25.0 Å². The van der Waals surface area contributed by atoms with Gasteiger partial charge in [-0.1, -0.05) is 11.6 Å². The number of aliphatic hydroxyl groups is 1. The number of nitrogens with zero attached hydrogens (tertiary/aromatic N) is 4. The van der Waals surface area contributed by atoms with E-state index in [9.17, 15) is 28.3 Å². The number of carbonyl (C=O) groups excluding carboxylic acids is 3. The molecule has 2 saturated heterocycles. The number of imidazole rings is 1. The van der Waals surface area contributed by atoms with Crippen molar-refractivity contribution in [2.24, 2.45) is 7.05 Å². The predicted octanol–water partition coefficient (Wildman–Crippen LogP) is 2.68. The van der Waals surface area contributed by atoms with Gasteiger partial charge in [-0.2, -0.15) is 4.39 Å². The molecular weight excluding hydrogens is 586 g/mol. The summed E-state index contributed by atoms with van der Waals surface area (Å²) >= 11 is 6.43. The molecule has 0 bridgehead atoms. The van der Waals surface area contributed by atoms with Crippen molar-refractivity contribution in [1.82, 2.24) is 24.7 Å². The number of rotatable bonds is 6. The van der Waals surface area contributed by atoms with Crippen LogP contribution in [0.1, 0.15) is 34.3 Å². The molecule has 2 fully saturated rings. The van der Waals surface area contributed by atoms with Gasteiger partial charge in [-0.05, 0) is 37.3 Å². The van der Waals surface area contributed by atoms with Crippen LogP contribution in [0.4, 0.5) is 14.5 Å². The van der Waals surface area contributed by atoms with Gasteiger partial charge in [-0.3, -0.25) is 14.4 Å². The van der Waals surface area contributed by atoms with E-state index in [0.717, 1.165) is 0 Å². The lowest BCUT2D eigenvalue weighted by atomic mass is 10.0. The lowest BCUT2D eigenvalue weighted by molar-refractivity contribution is -0.134. The molecule has 1 aromatic heterocycles. The summed E-state index contributed by atoms with van der Waals surface area (Å²) < 4.78 is 35.0. The van der Waals surface area contributed by atoms with Gasteiger partial charge < -0.3 is 34.8 Å². The average Bonchev–Trinajstić information content (AvgIpc) is 3.55. The number of ether oxygens (including phenoxy) is 1. The molecule has 14 heteroatoms. The highest BCUT2D eigenvalue weighted by atomic mass is 35.5. The third-order valence-corrected chi connectivity index (χ3v) is 8.05. The number of β-amino-alcohol motifs (C(OH)–C–C–N with tert-alkyl or cyclic N) is 1. The number of benzene rings is 2. The topological polar surface area (TPSA) is 129 Å². The van der Waals surface area contributed by atoms with Crippen molar-refractivity contribution in [3.05, 3.63) is 64.6 Å². The summed E-state index contributed by atoms with van der Waals surface area (Å²) in [5.74, 6) is -3.62. The van der Waals surface area contributed by atoms with Gasteiger partial charge in [-0.15, -0.1) is 0 Å². The van der Waals surface area contributed by atoms with Crippen LogP contribution in [0.25, 0.3) is 11.3 Å². The fourth-order valence-corrected chi connectivity index (χ4v) is 5.60. The zero-order chi connectivity index (χ0) is 31.1. The van der Waals surface area contributed by atoms with Crippen LogP contribution >= 0.6 is 11.6 Å². The highest BCUT2D eigenvalue weighted by molar-refractivity contribution is 6.34. The van der Waals surface area contributed by atoms with E-state index < -0.39 is 29.2 Å². The maximum absolute atomic E-state index is 14.6. The van der Waals surface area contributed by atoms with Gasteiger partial charge in [0, 0.05) is 57.4 Å². The normalized spacial score (nSPS) is 20.3. The number of amides is 3. The molecule has 2 aromatic carbocycles. The summed E-state index contributed by atoms with van der Waals surface area (Å²) in [5, 5.41) is 16.0. The minimum absolute atomic E-state index is 0.0641. The summed E-state index contributed by atoms with van der Waals surface area (Å²) in [7, 11) is 2.72. The zero-order valence-corrected chi connectivity index (χ0v) is 24.5. The van der Waals surface area contributed by atoms with Crippen LogP contribution in [-0.4, -0.2) is 93.7 Å². The van der Waals surface area contributed by atoms with Gasteiger partial charge in [0.1, 0.15) is 0 Å². The van der Waals surface area contributed by atoms with Crippen molar-refractivity contribution in [3.63, 3.8) is 0 Å². The molecule has 2 atom stereocenters. The van der Waals surface area contributed by atoms with Gasteiger partial charge in [0.05, 0.1) is 41.2 Å². The summed E-state index contributed by atoms with van der Waals surface area (Å²) in [6.45, 7) is 3.40. The third kappa shape index (κ3) is 6.05. The number of methoxy groups -OCH3 is 1. The second-order valence-corrected chi connectivity index (χ2v) is 11.3. The minimum Gasteiger partial charge on any atom is -0.494 e. The van der Waals surface area contributed by atoms with E-state index >= 15 is 0 Å². The Bertz CT molecular complexity index is 1590. The Kier molecular flexibility index (Phi) is 8.41. The molecule has 2 aliphatic rings. The number of piperazine rings is 1. The SMILES string of the molecule is COc1ccc(-c2cnc(C(=O)Nc3ccc(C(=O)N4CCN(C(=O)[C@@H]5C[C@@](C)(O)CN5)CC4)c(Cl)c3)n2C)c(F)c1F. The zero-order valence-electron chi connectivity index (χ0n) is 23.8.